The van der Waals surface area contributed by atoms with Crippen LogP contribution in [0.25, 0.3) is 0 Å². The van der Waals surface area contributed by atoms with Gasteiger partial charge in [-0.1, -0.05) is 37.3 Å². The topological polar surface area (TPSA) is 12.0 Å². The van der Waals surface area contributed by atoms with Crippen LogP contribution < -0.4 is 5.32 Å². The van der Waals surface area contributed by atoms with Crippen LogP contribution in [0.3, 0.4) is 0 Å². The lowest BCUT2D eigenvalue weighted by Crippen LogP contribution is -2.07. The number of hydrogen-bond donors (Lipinski definition) is 1. The van der Waals surface area contributed by atoms with Gasteiger partial charge in [-0.15, -0.1) is 0 Å². The van der Waals surface area contributed by atoms with Gasteiger partial charge in [-0.05, 0) is 49.1 Å². The van der Waals surface area contributed by atoms with E-state index in [4.69, 9.17) is 0 Å². The van der Waals surface area contributed by atoms with E-state index < -0.39 is 0 Å². The van der Waals surface area contributed by atoms with Crippen LogP contribution >= 0.6 is 0 Å². The molecule has 0 amide bonds. The van der Waals surface area contributed by atoms with Crippen molar-refractivity contribution in [3.63, 3.8) is 0 Å². The molecule has 0 aliphatic heterocycles. The summed E-state index contributed by atoms with van der Waals surface area (Å²) in [5, 5.41) is 3.32. The molecular weight excluding hydrogens is 237 g/mol. The molecule has 2 heteroatoms. The third-order valence-electron chi connectivity index (χ3n) is 3.44. The fourth-order valence-corrected chi connectivity index (χ4v) is 2.06. The molecule has 2 rings (SSSR count). The Morgan fingerprint density at radius 2 is 1.79 bits per heavy atom. The zero-order valence-electron chi connectivity index (χ0n) is 11.7. The van der Waals surface area contributed by atoms with Crippen LogP contribution in [0.4, 0.5) is 10.1 Å². The molecule has 0 aliphatic rings. The molecule has 0 aliphatic carbocycles. The molecule has 0 fully saturated rings. The Labute approximate surface area is 114 Å². The van der Waals surface area contributed by atoms with Gasteiger partial charge in [0.2, 0.25) is 0 Å². The van der Waals surface area contributed by atoms with Gasteiger partial charge in [-0.3, -0.25) is 0 Å². The number of rotatable bonds is 4. The zero-order valence-corrected chi connectivity index (χ0v) is 11.7. The maximum atomic E-state index is 13.5. The minimum Gasteiger partial charge on any atom is -0.378 e. The first kappa shape index (κ1) is 13.6. The van der Waals surface area contributed by atoms with Crippen LogP contribution in [-0.2, 0) is 6.42 Å². The maximum absolute atomic E-state index is 13.5. The second-order valence-corrected chi connectivity index (χ2v) is 4.93. The number of aryl methyl sites for hydroxylation is 2. The van der Waals surface area contributed by atoms with Gasteiger partial charge in [0.25, 0.3) is 0 Å². The minimum absolute atomic E-state index is 0.160. The summed E-state index contributed by atoms with van der Waals surface area (Å²) in [6.07, 6.45) is 1.05. The number of benzene rings is 2. The van der Waals surface area contributed by atoms with Gasteiger partial charge >= 0.3 is 0 Å². The van der Waals surface area contributed by atoms with Crippen molar-refractivity contribution < 1.29 is 4.39 Å². The summed E-state index contributed by atoms with van der Waals surface area (Å²) in [6, 6.07) is 14.0. The predicted molar refractivity (Wildman–Crippen MR) is 79.0 cm³/mol. The molecule has 1 atom stereocenters. The van der Waals surface area contributed by atoms with E-state index in [0.29, 0.717) is 5.56 Å². The average molecular weight is 257 g/mol. The number of hydrogen-bond acceptors (Lipinski definition) is 1. The SMILES string of the molecule is CCc1ccc(C(C)Nc2ccc(C)c(F)c2)cc1. The Morgan fingerprint density at radius 3 is 2.37 bits per heavy atom. The highest BCUT2D eigenvalue weighted by molar-refractivity contribution is 5.47. The fourth-order valence-electron chi connectivity index (χ4n) is 2.06. The molecule has 0 aromatic heterocycles. The summed E-state index contributed by atoms with van der Waals surface area (Å²) in [4.78, 5) is 0. The summed E-state index contributed by atoms with van der Waals surface area (Å²) in [5.41, 5.74) is 4.02. The third kappa shape index (κ3) is 3.34. The Balaban J connectivity index is 2.10. The first-order chi connectivity index (χ1) is 9.10. The molecule has 2 aromatic carbocycles. The quantitative estimate of drug-likeness (QED) is 0.824. The number of halogens is 1. The second-order valence-electron chi connectivity index (χ2n) is 4.93. The van der Waals surface area contributed by atoms with Crippen molar-refractivity contribution in [2.45, 2.75) is 33.2 Å². The first-order valence-electron chi connectivity index (χ1n) is 6.71. The van der Waals surface area contributed by atoms with E-state index in [-0.39, 0.29) is 11.9 Å². The Morgan fingerprint density at radius 1 is 1.11 bits per heavy atom. The van der Waals surface area contributed by atoms with E-state index in [9.17, 15) is 4.39 Å². The normalized spacial score (nSPS) is 12.2. The van der Waals surface area contributed by atoms with Gasteiger partial charge in [0.15, 0.2) is 0 Å². The van der Waals surface area contributed by atoms with E-state index in [1.165, 1.54) is 11.1 Å². The summed E-state index contributed by atoms with van der Waals surface area (Å²) < 4.78 is 13.5. The van der Waals surface area contributed by atoms with Crippen molar-refractivity contribution >= 4 is 5.69 Å². The summed E-state index contributed by atoms with van der Waals surface area (Å²) in [7, 11) is 0. The molecule has 0 spiro atoms. The second kappa shape index (κ2) is 5.87. The standard InChI is InChI=1S/C17H20FN/c1-4-14-6-8-15(9-7-14)13(3)19-16-10-5-12(2)17(18)11-16/h5-11,13,19H,4H2,1-3H3. The minimum atomic E-state index is -0.168. The lowest BCUT2D eigenvalue weighted by molar-refractivity contribution is 0.618. The van der Waals surface area contributed by atoms with Crippen molar-refractivity contribution in [2.75, 3.05) is 5.32 Å². The molecule has 0 radical (unpaired) electrons. The molecule has 1 unspecified atom stereocenters. The smallest absolute Gasteiger partial charge is 0.128 e. The molecule has 1 N–H and O–H groups in total. The largest absolute Gasteiger partial charge is 0.378 e. The summed E-state index contributed by atoms with van der Waals surface area (Å²) in [5.74, 6) is -0.168. The van der Waals surface area contributed by atoms with Crippen molar-refractivity contribution in [3.05, 3.63) is 65.0 Å². The van der Waals surface area contributed by atoms with Crippen LogP contribution in [0.1, 0.15) is 36.6 Å². The molecule has 19 heavy (non-hydrogen) atoms. The third-order valence-corrected chi connectivity index (χ3v) is 3.44. The molecule has 0 bridgehead atoms. The molecular formula is C17H20FN. The Hall–Kier alpha value is -1.83. The fraction of sp³-hybridized carbons (Fsp3) is 0.294. The molecule has 100 valence electrons. The maximum Gasteiger partial charge on any atom is 0.128 e. The van der Waals surface area contributed by atoms with E-state index in [1.807, 2.05) is 6.07 Å². The summed E-state index contributed by atoms with van der Waals surface area (Å²) in [6.45, 7) is 6.00. The van der Waals surface area contributed by atoms with Crippen molar-refractivity contribution in [1.82, 2.24) is 0 Å². The van der Waals surface area contributed by atoms with Crippen molar-refractivity contribution in [2.24, 2.45) is 0 Å². The van der Waals surface area contributed by atoms with Gasteiger partial charge < -0.3 is 5.32 Å². The van der Waals surface area contributed by atoms with Gasteiger partial charge in [-0.2, -0.15) is 0 Å². The molecule has 1 nitrogen and oxygen atoms in total. The average Bonchev–Trinajstić information content (AvgIpc) is 2.43. The van der Waals surface area contributed by atoms with Crippen LogP contribution in [0.5, 0.6) is 0 Å². The van der Waals surface area contributed by atoms with Gasteiger partial charge in [0.05, 0.1) is 0 Å². The monoisotopic (exact) mass is 257 g/mol. The predicted octanol–water partition coefficient (Wildman–Crippen LogP) is 4.87. The highest BCUT2D eigenvalue weighted by Gasteiger charge is 2.06. The van der Waals surface area contributed by atoms with E-state index in [1.54, 1.807) is 19.1 Å². The van der Waals surface area contributed by atoms with Gasteiger partial charge in [0.1, 0.15) is 5.82 Å². The number of nitrogens with one attached hydrogen (secondary N) is 1. The number of anilines is 1. The Kier molecular flexibility index (Phi) is 4.20. The van der Waals surface area contributed by atoms with Crippen LogP contribution in [0.15, 0.2) is 42.5 Å². The van der Waals surface area contributed by atoms with E-state index in [0.717, 1.165) is 12.1 Å². The summed E-state index contributed by atoms with van der Waals surface area (Å²) >= 11 is 0. The molecule has 0 saturated carbocycles. The Bertz CT molecular complexity index is 546. The molecule has 0 heterocycles. The van der Waals surface area contributed by atoms with Gasteiger partial charge in [0, 0.05) is 11.7 Å². The lowest BCUT2D eigenvalue weighted by Gasteiger charge is -2.16. The van der Waals surface area contributed by atoms with E-state index in [2.05, 4.69) is 43.4 Å². The van der Waals surface area contributed by atoms with Gasteiger partial charge in [-0.25, -0.2) is 4.39 Å². The van der Waals surface area contributed by atoms with Crippen molar-refractivity contribution in [3.8, 4) is 0 Å². The van der Waals surface area contributed by atoms with Crippen LogP contribution in [-0.4, -0.2) is 0 Å². The van der Waals surface area contributed by atoms with E-state index >= 15 is 0 Å². The van der Waals surface area contributed by atoms with Crippen molar-refractivity contribution in [1.29, 1.82) is 0 Å². The highest BCUT2D eigenvalue weighted by Crippen LogP contribution is 2.21. The first-order valence-corrected chi connectivity index (χ1v) is 6.71. The lowest BCUT2D eigenvalue weighted by atomic mass is 10.0. The highest BCUT2D eigenvalue weighted by atomic mass is 19.1. The van der Waals surface area contributed by atoms with Crippen LogP contribution in [0.2, 0.25) is 0 Å². The molecule has 0 saturated heterocycles. The van der Waals surface area contributed by atoms with Crippen LogP contribution in [0, 0.1) is 12.7 Å². The zero-order chi connectivity index (χ0) is 13.8. The molecule has 2 aromatic rings.